The van der Waals surface area contributed by atoms with Gasteiger partial charge >= 0.3 is 0 Å². The van der Waals surface area contributed by atoms with E-state index in [-0.39, 0.29) is 0 Å². The Morgan fingerprint density at radius 1 is 0.906 bits per heavy atom. The van der Waals surface area contributed by atoms with Crippen LogP contribution in [0.5, 0.6) is 0 Å². The van der Waals surface area contributed by atoms with E-state index in [9.17, 15) is 5.11 Å². The summed E-state index contributed by atoms with van der Waals surface area (Å²) in [6.45, 7) is 14.6. The zero-order valence-corrected chi connectivity index (χ0v) is 19.8. The summed E-state index contributed by atoms with van der Waals surface area (Å²) in [5.41, 5.74) is 2.44. The van der Waals surface area contributed by atoms with E-state index in [1.165, 1.54) is 24.2 Å². The molecule has 1 unspecified atom stereocenters. The van der Waals surface area contributed by atoms with Gasteiger partial charge in [-0.1, -0.05) is 61.5 Å². The van der Waals surface area contributed by atoms with Crippen LogP contribution in [0.2, 0.25) is 0 Å². The fourth-order valence-corrected chi connectivity index (χ4v) is 3.94. The highest BCUT2D eigenvalue weighted by molar-refractivity contribution is 5.79. The van der Waals surface area contributed by atoms with Crippen LogP contribution in [-0.4, -0.2) is 66.7 Å². The minimum absolute atomic E-state index is 0.382. The second-order valence-corrected chi connectivity index (χ2v) is 8.72. The molecule has 1 aliphatic heterocycles. The van der Waals surface area contributed by atoms with Gasteiger partial charge in [0.05, 0.1) is 13.1 Å². The van der Waals surface area contributed by atoms with Crippen LogP contribution < -0.4 is 10.6 Å². The number of aliphatic imine (C=N–C) groups is 1. The summed E-state index contributed by atoms with van der Waals surface area (Å²) in [4.78, 5) is 9.75. The second kappa shape index (κ2) is 12.0. The number of nitrogens with zero attached hydrogens (tertiary/aromatic N) is 3. The summed E-state index contributed by atoms with van der Waals surface area (Å²) < 4.78 is 0. The molecule has 32 heavy (non-hydrogen) atoms. The third-order valence-corrected chi connectivity index (χ3v) is 6.10. The predicted octanol–water partition coefficient (Wildman–Crippen LogP) is 2.79. The van der Waals surface area contributed by atoms with Gasteiger partial charge in [-0.15, -0.1) is 0 Å². The van der Waals surface area contributed by atoms with E-state index in [4.69, 9.17) is 4.99 Å². The summed E-state index contributed by atoms with van der Waals surface area (Å²) >= 11 is 0. The number of rotatable bonds is 9. The van der Waals surface area contributed by atoms with Gasteiger partial charge in [0.25, 0.3) is 0 Å². The predicted molar refractivity (Wildman–Crippen MR) is 133 cm³/mol. The van der Waals surface area contributed by atoms with Crippen LogP contribution in [0.4, 0.5) is 0 Å². The molecule has 0 aromatic heterocycles. The van der Waals surface area contributed by atoms with Gasteiger partial charge in [0.2, 0.25) is 0 Å². The Balaban J connectivity index is 1.52. The van der Waals surface area contributed by atoms with E-state index in [0.29, 0.717) is 19.0 Å². The Hall–Kier alpha value is -2.41. The van der Waals surface area contributed by atoms with E-state index in [2.05, 4.69) is 51.6 Å². The minimum atomic E-state index is -0.971. The van der Waals surface area contributed by atoms with E-state index >= 15 is 0 Å². The number of likely N-dealkylation sites (N-methyl/N-ethyl adjacent to an activating group) is 1. The van der Waals surface area contributed by atoms with Gasteiger partial charge in [0.1, 0.15) is 5.60 Å². The van der Waals surface area contributed by atoms with Crippen molar-refractivity contribution in [2.75, 3.05) is 45.8 Å². The molecule has 0 bridgehead atoms. The fraction of sp³-hybridized carbons (Fsp3) is 0.500. The van der Waals surface area contributed by atoms with Gasteiger partial charge in [-0.25, -0.2) is 4.99 Å². The van der Waals surface area contributed by atoms with Crippen molar-refractivity contribution in [1.82, 2.24) is 20.4 Å². The number of benzene rings is 2. The van der Waals surface area contributed by atoms with Gasteiger partial charge in [0.15, 0.2) is 5.96 Å². The van der Waals surface area contributed by atoms with Crippen molar-refractivity contribution in [2.45, 2.75) is 39.5 Å². The monoisotopic (exact) mass is 437 g/mol. The number of hydrogen-bond acceptors (Lipinski definition) is 4. The van der Waals surface area contributed by atoms with Gasteiger partial charge in [-0.05, 0) is 37.1 Å². The van der Waals surface area contributed by atoms with E-state index in [1.807, 2.05) is 44.2 Å². The third kappa shape index (κ3) is 7.33. The van der Waals surface area contributed by atoms with Crippen LogP contribution in [0.1, 0.15) is 37.5 Å². The van der Waals surface area contributed by atoms with Gasteiger partial charge in [0, 0.05) is 39.3 Å². The molecule has 6 nitrogen and oxygen atoms in total. The van der Waals surface area contributed by atoms with Crippen LogP contribution in [0.3, 0.4) is 0 Å². The van der Waals surface area contributed by atoms with Crippen LogP contribution >= 0.6 is 0 Å². The lowest BCUT2D eigenvalue weighted by atomic mass is 9.96. The molecule has 1 saturated heterocycles. The summed E-state index contributed by atoms with van der Waals surface area (Å²) in [6, 6.07) is 18.5. The van der Waals surface area contributed by atoms with Crippen LogP contribution in [0.25, 0.3) is 0 Å². The first kappa shape index (κ1) is 24.2. The Bertz CT molecular complexity index is 827. The minimum Gasteiger partial charge on any atom is -0.384 e. The molecule has 1 fully saturated rings. The van der Waals surface area contributed by atoms with E-state index < -0.39 is 5.60 Å². The van der Waals surface area contributed by atoms with Crippen LogP contribution in [0.15, 0.2) is 59.6 Å². The third-order valence-electron chi connectivity index (χ3n) is 6.10. The molecule has 174 valence electrons. The van der Waals surface area contributed by atoms with Crippen molar-refractivity contribution in [3.8, 4) is 0 Å². The number of piperazine rings is 1. The molecule has 0 aliphatic carbocycles. The first-order valence-corrected chi connectivity index (χ1v) is 11.8. The molecule has 0 saturated carbocycles. The second-order valence-electron chi connectivity index (χ2n) is 8.72. The van der Waals surface area contributed by atoms with Crippen molar-refractivity contribution in [3.63, 3.8) is 0 Å². The van der Waals surface area contributed by atoms with Gasteiger partial charge < -0.3 is 20.6 Å². The molecule has 6 heteroatoms. The number of aliphatic hydroxyl groups is 1. The zero-order valence-electron chi connectivity index (χ0n) is 19.8. The van der Waals surface area contributed by atoms with Crippen molar-refractivity contribution < 1.29 is 5.11 Å². The Labute approximate surface area is 193 Å². The molecular formula is C26H39N5O. The lowest BCUT2D eigenvalue weighted by molar-refractivity contribution is 0.0617. The standard InChI is InChI=1S/C26H39N5O/c1-4-27-25(29-21-26(3,32)24-9-7-6-8-10-24)28-19-22-11-13-23(14-12-22)20-31-17-15-30(5-2)16-18-31/h6-14,32H,4-5,15-21H2,1-3H3,(H2,27,28,29). The largest absolute Gasteiger partial charge is 0.384 e. The summed E-state index contributed by atoms with van der Waals surface area (Å²) in [7, 11) is 0. The highest BCUT2D eigenvalue weighted by atomic mass is 16.3. The molecule has 0 spiro atoms. The summed E-state index contributed by atoms with van der Waals surface area (Å²) in [6.07, 6.45) is 0. The quantitative estimate of drug-likeness (QED) is 0.416. The zero-order chi connectivity index (χ0) is 22.8. The number of guanidine groups is 1. The van der Waals surface area contributed by atoms with Gasteiger partial charge in [-0.3, -0.25) is 4.90 Å². The topological polar surface area (TPSA) is 63.1 Å². The molecule has 1 atom stereocenters. The van der Waals surface area contributed by atoms with Crippen molar-refractivity contribution in [3.05, 3.63) is 71.3 Å². The molecule has 2 aromatic rings. The SMILES string of the molecule is CCNC(=NCc1ccc(CN2CCN(CC)CC2)cc1)NCC(C)(O)c1ccccc1. The lowest BCUT2D eigenvalue weighted by Gasteiger charge is -2.34. The van der Waals surface area contributed by atoms with Crippen molar-refractivity contribution in [1.29, 1.82) is 0 Å². The molecule has 0 amide bonds. The molecule has 2 aromatic carbocycles. The average molecular weight is 438 g/mol. The van der Waals surface area contributed by atoms with Crippen LogP contribution in [0, 0.1) is 0 Å². The van der Waals surface area contributed by atoms with Crippen molar-refractivity contribution in [2.24, 2.45) is 4.99 Å². The first-order chi connectivity index (χ1) is 15.5. The number of nitrogens with one attached hydrogen (secondary N) is 2. The molecule has 1 heterocycles. The Morgan fingerprint density at radius 3 is 2.16 bits per heavy atom. The first-order valence-electron chi connectivity index (χ1n) is 11.8. The molecule has 0 radical (unpaired) electrons. The molecule has 3 N–H and O–H groups in total. The molecule has 1 aliphatic rings. The van der Waals surface area contributed by atoms with Crippen molar-refractivity contribution >= 4 is 5.96 Å². The van der Waals surface area contributed by atoms with E-state index in [1.54, 1.807) is 0 Å². The average Bonchev–Trinajstić information content (AvgIpc) is 2.83. The maximum atomic E-state index is 10.8. The summed E-state index contributed by atoms with van der Waals surface area (Å²) in [5.74, 6) is 0.710. The summed E-state index contributed by atoms with van der Waals surface area (Å²) in [5, 5.41) is 17.4. The smallest absolute Gasteiger partial charge is 0.191 e. The Kier molecular flexibility index (Phi) is 9.09. The van der Waals surface area contributed by atoms with Gasteiger partial charge in [-0.2, -0.15) is 0 Å². The Morgan fingerprint density at radius 2 is 1.53 bits per heavy atom. The van der Waals surface area contributed by atoms with Crippen LogP contribution in [-0.2, 0) is 18.7 Å². The highest BCUT2D eigenvalue weighted by Crippen LogP contribution is 2.19. The maximum Gasteiger partial charge on any atom is 0.191 e. The highest BCUT2D eigenvalue weighted by Gasteiger charge is 2.23. The fourth-order valence-electron chi connectivity index (χ4n) is 3.94. The lowest BCUT2D eigenvalue weighted by Crippen LogP contribution is -2.45. The maximum absolute atomic E-state index is 10.8. The molecule has 3 rings (SSSR count). The molecular weight excluding hydrogens is 398 g/mol. The van der Waals surface area contributed by atoms with E-state index in [0.717, 1.165) is 38.3 Å². The normalized spacial score (nSPS) is 17.7. The number of hydrogen-bond donors (Lipinski definition) is 3.